The Labute approximate surface area is 216 Å². The minimum absolute atomic E-state index is 0.120. The highest BCUT2D eigenvalue weighted by atomic mass is 35.5. The van der Waals surface area contributed by atoms with E-state index in [-0.39, 0.29) is 23.2 Å². The van der Waals surface area contributed by atoms with E-state index in [1.54, 1.807) is 30.7 Å². The molecule has 0 radical (unpaired) electrons. The van der Waals surface area contributed by atoms with E-state index < -0.39 is 18.1 Å². The number of carboxylic acid groups (broad SMARTS) is 1. The number of thioether (sulfide) groups is 1. The van der Waals surface area contributed by atoms with E-state index in [0.29, 0.717) is 58.1 Å². The fraction of sp³-hybridized carbons (Fsp3) is 0.440. The molecule has 4 rings (SSSR count). The van der Waals surface area contributed by atoms with Crippen LogP contribution in [-0.4, -0.2) is 53.5 Å². The number of benzene rings is 1. The number of ether oxygens (including phenoxy) is 1. The van der Waals surface area contributed by atoms with Gasteiger partial charge in [0.15, 0.2) is 0 Å². The number of aliphatic carboxylic acids is 1. The van der Waals surface area contributed by atoms with E-state index in [4.69, 9.17) is 16.3 Å². The molecule has 3 aromatic rings. The molecular weight excluding hydrogens is 514 g/mol. The Kier molecular flexibility index (Phi) is 8.86. The highest BCUT2D eigenvalue weighted by Gasteiger charge is 2.34. The van der Waals surface area contributed by atoms with Crippen LogP contribution in [0.15, 0.2) is 40.1 Å². The first-order chi connectivity index (χ1) is 16.9. The van der Waals surface area contributed by atoms with Gasteiger partial charge in [-0.05, 0) is 61.4 Å². The fourth-order valence-electron chi connectivity index (χ4n) is 4.66. The molecule has 1 aliphatic heterocycles. The fourth-order valence-corrected chi connectivity index (χ4v) is 6.86. The number of hydrogen-bond donors (Lipinski definition) is 1. The minimum Gasteiger partial charge on any atom is -0.497 e. The SMILES string of the molecule is COc1ccc2ncc(Cl)c(C(F)CCC3CCN(CCSc4sccc4F)CC3C(=O)O)c2c1. The average molecular weight is 541 g/mol. The Morgan fingerprint density at radius 3 is 2.97 bits per heavy atom. The lowest BCUT2D eigenvalue weighted by Crippen LogP contribution is -2.44. The molecule has 3 unspecified atom stereocenters. The van der Waals surface area contributed by atoms with Gasteiger partial charge in [-0.2, -0.15) is 0 Å². The number of alkyl halides is 1. The molecule has 0 amide bonds. The molecule has 0 aliphatic carbocycles. The van der Waals surface area contributed by atoms with E-state index in [1.165, 1.54) is 35.4 Å². The Morgan fingerprint density at radius 2 is 2.26 bits per heavy atom. The van der Waals surface area contributed by atoms with Crippen molar-refractivity contribution in [2.45, 2.75) is 29.6 Å². The Hall–Kier alpha value is -1.94. The van der Waals surface area contributed by atoms with E-state index in [2.05, 4.69) is 9.88 Å². The smallest absolute Gasteiger partial charge is 0.308 e. The van der Waals surface area contributed by atoms with Gasteiger partial charge in [0, 0.05) is 36.0 Å². The number of rotatable bonds is 10. The van der Waals surface area contributed by atoms with Gasteiger partial charge in [-0.3, -0.25) is 9.78 Å². The third kappa shape index (κ3) is 6.25. The number of carboxylic acids is 1. The highest BCUT2D eigenvalue weighted by molar-refractivity contribution is 8.01. The normalized spacial score (nSPS) is 19.7. The lowest BCUT2D eigenvalue weighted by molar-refractivity contribution is -0.146. The number of thiophene rings is 1. The van der Waals surface area contributed by atoms with Crippen molar-refractivity contribution >= 4 is 51.6 Å². The summed E-state index contributed by atoms with van der Waals surface area (Å²) in [5.41, 5.74) is 1.00. The summed E-state index contributed by atoms with van der Waals surface area (Å²) in [6.45, 7) is 1.85. The van der Waals surface area contributed by atoms with Crippen molar-refractivity contribution in [3.05, 3.63) is 52.2 Å². The summed E-state index contributed by atoms with van der Waals surface area (Å²) in [5, 5.41) is 12.4. The predicted octanol–water partition coefficient (Wildman–Crippen LogP) is 6.70. The maximum Gasteiger partial charge on any atom is 0.308 e. The van der Waals surface area contributed by atoms with Crippen LogP contribution in [0, 0.1) is 17.7 Å². The number of aromatic nitrogens is 1. The van der Waals surface area contributed by atoms with Gasteiger partial charge in [0.25, 0.3) is 0 Å². The number of fused-ring (bicyclic) bond motifs is 1. The van der Waals surface area contributed by atoms with Gasteiger partial charge in [0.2, 0.25) is 0 Å². The molecule has 1 aromatic carbocycles. The first-order valence-corrected chi connectivity index (χ1v) is 13.7. The van der Waals surface area contributed by atoms with Crippen LogP contribution in [0.2, 0.25) is 5.02 Å². The molecule has 1 fully saturated rings. The number of halogens is 3. The molecule has 1 N–H and O–H groups in total. The molecule has 0 bridgehead atoms. The molecule has 3 heterocycles. The van der Waals surface area contributed by atoms with Crippen LogP contribution in [0.1, 0.15) is 31.0 Å². The number of methoxy groups -OCH3 is 1. The van der Waals surface area contributed by atoms with Crippen LogP contribution in [-0.2, 0) is 4.79 Å². The standard InChI is InChI=1S/C25H27ClF2N2O3S2/c1-33-16-3-5-22-17(12-16)23(19(26)13-29-22)20(27)4-2-15-6-8-30(14-18(15)24(31)32)9-11-35-25-21(28)7-10-34-25/h3,5,7,10,12-13,15,18,20H,2,4,6,8-9,11,14H2,1H3,(H,31,32). The van der Waals surface area contributed by atoms with Crippen molar-refractivity contribution in [1.82, 2.24) is 9.88 Å². The van der Waals surface area contributed by atoms with Crippen molar-refractivity contribution in [1.29, 1.82) is 0 Å². The molecule has 3 atom stereocenters. The van der Waals surface area contributed by atoms with Gasteiger partial charge < -0.3 is 14.7 Å². The molecule has 0 spiro atoms. The van der Waals surface area contributed by atoms with Crippen molar-refractivity contribution in [3.8, 4) is 5.75 Å². The van der Waals surface area contributed by atoms with Gasteiger partial charge in [0.1, 0.15) is 17.7 Å². The summed E-state index contributed by atoms with van der Waals surface area (Å²) in [7, 11) is 1.54. The van der Waals surface area contributed by atoms with Crippen LogP contribution in [0.4, 0.5) is 8.78 Å². The Bertz CT molecular complexity index is 1180. The highest BCUT2D eigenvalue weighted by Crippen LogP contribution is 2.38. The second kappa shape index (κ2) is 11.9. The maximum atomic E-state index is 15.5. The lowest BCUT2D eigenvalue weighted by Gasteiger charge is -2.36. The third-order valence-corrected chi connectivity index (χ3v) is 9.02. The quantitative estimate of drug-likeness (QED) is 0.289. The number of carbonyl (C=O) groups is 1. The van der Waals surface area contributed by atoms with Gasteiger partial charge in [-0.15, -0.1) is 23.1 Å². The maximum absolute atomic E-state index is 15.5. The number of nitrogens with zero attached hydrogens (tertiary/aromatic N) is 2. The minimum atomic E-state index is -1.34. The first-order valence-electron chi connectivity index (χ1n) is 11.4. The average Bonchev–Trinajstić information content (AvgIpc) is 3.26. The molecule has 10 heteroatoms. The summed E-state index contributed by atoms with van der Waals surface area (Å²) in [5.74, 6) is -0.464. The van der Waals surface area contributed by atoms with Crippen LogP contribution >= 0.6 is 34.7 Å². The summed E-state index contributed by atoms with van der Waals surface area (Å²) >= 11 is 9.16. The summed E-state index contributed by atoms with van der Waals surface area (Å²) in [4.78, 5) is 18.4. The van der Waals surface area contributed by atoms with Gasteiger partial charge >= 0.3 is 5.97 Å². The van der Waals surface area contributed by atoms with Crippen molar-refractivity contribution in [2.24, 2.45) is 11.8 Å². The van der Waals surface area contributed by atoms with E-state index in [9.17, 15) is 14.3 Å². The number of pyridine rings is 1. The largest absolute Gasteiger partial charge is 0.497 e. The van der Waals surface area contributed by atoms with Gasteiger partial charge in [-0.1, -0.05) is 11.6 Å². The van der Waals surface area contributed by atoms with E-state index >= 15 is 4.39 Å². The summed E-state index contributed by atoms with van der Waals surface area (Å²) in [6, 6.07) is 6.72. The second-order valence-electron chi connectivity index (χ2n) is 8.65. The predicted molar refractivity (Wildman–Crippen MR) is 137 cm³/mol. The molecule has 5 nitrogen and oxygen atoms in total. The van der Waals surface area contributed by atoms with Crippen molar-refractivity contribution < 1.29 is 23.4 Å². The molecule has 35 heavy (non-hydrogen) atoms. The molecule has 0 saturated carbocycles. The first kappa shape index (κ1) is 26.1. The Morgan fingerprint density at radius 1 is 1.43 bits per heavy atom. The number of hydrogen-bond acceptors (Lipinski definition) is 6. The Balaban J connectivity index is 1.37. The topological polar surface area (TPSA) is 62.7 Å². The van der Waals surface area contributed by atoms with Crippen LogP contribution in [0.3, 0.4) is 0 Å². The molecule has 1 saturated heterocycles. The van der Waals surface area contributed by atoms with Gasteiger partial charge in [0.05, 0.1) is 27.8 Å². The summed E-state index contributed by atoms with van der Waals surface area (Å²) in [6.07, 6.45) is 1.42. The molecule has 1 aliphatic rings. The van der Waals surface area contributed by atoms with Crippen LogP contribution < -0.4 is 4.74 Å². The van der Waals surface area contributed by atoms with Gasteiger partial charge in [-0.25, -0.2) is 8.78 Å². The lowest BCUT2D eigenvalue weighted by atomic mass is 9.81. The molecule has 188 valence electrons. The zero-order valence-corrected chi connectivity index (χ0v) is 21.6. The monoisotopic (exact) mass is 540 g/mol. The van der Waals surface area contributed by atoms with E-state index in [1.807, 2.05) is 0 Å². The number of piperidine rings is 1. The zero-order valence-electron chi connectivity index (χ0n) is 19.3. The van der Waals surface area contributed by atoms with Crippen LogP contribution in [0.5, 0.6) is 5.75 Å². The molecule has 2 aromatic heterocycles. The summed E-state index contributed by atoms with van der Waals surface area (Å²) < 4.78 is 35.0. The van der Waals surface area contributed by atoms with E-state index in [0.717, 1.165) is 6.54 Å². The third-order valence-electron chi connectivity index (χ3n) is 6.55. The van der Waals surface area contributed by atoms with Crippen molar-refractivity contribution in [2.75, 3.05) is 32.5 Å². The second-order valence-corrected chi connectivity index (χ2v) is 11.3. The zero-order chi connectivity index (χ0) is 24.9. The number of likely N-dealkylation sites (tertiary alicyclic amines) is 1. The van der Waals surface area contributed by atoms with Crippen molar-refractivity contribution in [3.63, 3.8) is 0 Å². The molecular formula is C25H27ClF2N2O3S2. The van der Waals surface area contributed by atoms with Crippen LogP contribution in [0.25, 0.3) is 10.9 Å².